The third-order valence-electron chi connectivity index (χ3n) is 4.16. The molecule has 0 saturated heterocycles. The van der Waals surface area contributed by atoms with Gasteiger partial charge >= 0.3 is 0 Å². The number of nitrogens with zero attached hydrogens (tertiary/aromatic N) is 4. The van der Waals surface area contributed by atoms with Crippen LogP contribution < -0.4 is 15.1 Å². The van der Waals surface area contributed by atoms with Crippen molar-refractivity contribution in [1.82, 2.24) is 10.3 Å². The van der Waals surface area contributed by atoms with Crippen molar-refractivity contribution < 1.29 is 0 Å². The second kappa shape index (κ2) is 7.34. The van der Waals surface area contributed by atoms with E-state index in [-0.39, 0.29) is 0 Å². The normalized spacial score (nSPS) is 13.8. The molecule has 1 aliphatic rings. The lowest BCUT2D eigenvalue weighted by atomic mass is 10.2. The third-order valence-corrected chi connectivity index (χ3v) is 4.16. The summed E-state index contributed by atoms with van der Waals surface area (Å²) in [6, 6.07) is 12.7. The minimum absolute atomic E-state index is 0.627. The van der Waals surface area contributed by atoms with Crippen LogP contribution in [0.2, 0.25) is 0 Å². The van der Waals surface area contributed by atoms with Gasteiger partial charge < -0.3 is 15.1 Å². The Kier molecular flexibility index (Phi) is 4.99. The number of benzene rings is 1. The monoisotopic (exact) mass is 323 g/mol. The Bertz CT molecular complexity index is 706. The Morgan fingerprint density at radius 3 is 2.79 bits per heavy atom. The molecule has 0 radical (unpaired) electrons. The highest BCUT2D eigenvalue weighted by Crippen LogP contribution is 2.27. The van der Waals surface area contributed by atoms with E-state index >= 15 is 0 Å². The molecule has 0 spiro atoms. The Hall–Kier alpha value is -2.56. The van der Waals surface area contributed by atoms with Gasteiger partial charge in [-0.25, -0.2) is 9.98 Å². The van der Waals surface area contributed by atoms with E-state index in [0.29, 0.717) is 6.54 Å². The Labute approximate surface area is 144 Å². The fourth-order valence-corrected chi connectivity index (χ4v) is 2.89. The average Bonchev–Trinajstić information content (AvgIpc) is 3.03. The van der Waals surface area contributed by atoms with Gasteiger partial charge in [0.15, 0.2) is 5.96 Å². The van der Waals surface area contributed by atoms with Gasteiger partial charge in [0.25, 0.3) is 0 Å². The molecule has 1 aromatic carbocycles. The van der Waals surface area contributed by atoms with Crippen LogP contribution in [0.25, 0.3) is 0 Å². The van der Waals surface area contributed by atoms with E-state index in [1.54, 1.807) is 0 Å². The largest absolute Gasteiger partial charge is 0.363 e. The van der Waals surface area contributed by atoms with Crippen molar-refractivity contribution in [1.29, 1.82) is 0 Å². The number of pyridine rings is 1. The molecule has 0 saturated carbocycles. The van der Waals surface area contributed by atoms with Gasteiger partial charge in [-0.3, -0.25) is 0 Å². The minimum Gasteiger partial charge on any atom is -0.363 e. The Morgan fingerprint density at radius 2 is 2.08 bits per heavy atom. The number of guanidine groups is 1. The van der Waals surface area contributed by atoms with E-state index in [0.717, 1.165) is 36.9 Å². The first-order valence-electron chi connectivity index (χ1n) is 8.45. The number of para-hydroxylation sites is 1. The summed E-state index contributed by atoms with van der Waals surface area (Å²) in [7, 11) is 3.99. The highest BCUT2D eigenvalue weighted by atomic mass is 15.3. The third kappa shape index (κ3) is 3.50. The van der Waals surface area contributed by atoms with Crippen LogP contribution in [-0.2, 0) is 13.0 Å². The highest BCUT2D eigenvalue weighted by molar-refractivity contribution is 5.97. The maximum atomic E-state index is 4.82. The van der Waals surface area contributed by atoms with Crippen molar-refractivity contribution in [3.05, 3.63) is 53.7 Å². The zero-order chi connectivity index (χ0) is 16.9. The summed E-state index contributed by atoms with van der Waals surface area (Å²) < 4.78 is 0. The number of anilines is 2. The molecule has 24 heavy (non-hydrogen) atoms. The molecule has 2 heterocycles. The van der Waals surface area contributed by atoms with Gasteiger partial charge in [0.2, 0.25) is 0 Å². The lowest BCUT2D eigenvalue weighted by molar-refractivity contribution is 0.880. The van der Waals surface area contributed by atoms with Crippen molar-refractivity contribution in [2.45, 2.75) is 19.9 Å². The quantitative estimate of drug-likeness (QED) is 0.694. The molecular weight excluding hydrogens is 298 g/mol. The first kappa shape index (κ1) is 16.3. The molecule has 0 unspecified atom stereocenters. The smallest absolute Gasteiger partial charge is 0.198 e. The number of aliphatic imine (C=N–C) groups is 1. The molecule has 0 atom stereocenters. The van der Waals surface area contributed by atoms with Gasteiger partial charge in [0.05, 0.1) is 6.54 Å². The lowest BCUT2D eigenvalue weighted by Gasteiger charge is -2.22. The van der Waals surface area contributed by atoms with E-state index in [1.807, 2.05) is 31.3 Å². The molecule has 3 rings (SSSR count). The molecule has 1 aromatic heterocycles. The Balaban J connectivity index is 1.77. The number of aromatic nitrogens is 1. The predicted molar refractivity (Wildman–Crippen MR) is 101 cm³/mol. The molecule has 1 N–H and O–H groups in total. The van der Waals surface area contributed by atoms with Gasteiger partial charge in [-0.1, -0.05) is 24.3 Å². The molecular formula is C19H25N5. The van der Waals surface area contributed by atoms with E-state index in [9.17, 15) is 0 Å². The van der Waals surface area contributed by atoms with Crippen LogP contribution in [0, 0.1) is 0 Å². The second-order valence-electron chi connectivity index (χ2n) is 6.12. The van der Waals surface area contributed by atoms with Gasteiger partial charge in [-0.15, -0.1) is 0 Å². The zero-order valence-electron chi connectivity index (χ0n) is 14.7. The van der Waals surface area contributed by atoms with Crippen LogP contribution in [0.5, 0.6) is 0 Å². The van der Waals surface area contributed by atoms with Crippen molar-refractivity contribution in [2.24, 2.45) is 4.99 Å². The summed E-state index contributed by atoms with van der Waals surface area (Å²) in [4.78, 5) is 13.6. The van der Waals surface area contributed by atoms with Gasteiger partial charge in [0, 0.05) is 39.1 Å². The average molecular weight is 323 g/mol. The molecule has 0 aliphatic carbocycles. The first-order valence-corrected chi connectivity index (χ1v) is 8.45. The number of rotatable bonds is 4. The predicted octanol–water partition coefficient (Wildman–Crippen LogP) is 2.68. The number of fused-ring (bicyclic) bond motifs is 1. The van der Waals surface area contributed by atoms with Gasteiger partial charge in [0.1, 0.15) is 5.82 Å². The maximum absolute atomic E-state index is 4.82. The molecule has 0 fully saturated rings. The summed E-state index contributed by atoms with van der Waals surface area (Å²) in [5, 5.41) is 3.41. The highest BCUT2D eigenvalue weighted by Gasteiger charge is 2.22. The van der Waals surface area contributed by atoms with Gasteiger partial charge in [-0.05, 0) is 36.6 Å². The zero-order valence-corrected chi connectivity index (χ0v) is 14.7. The van der Waals surface area contributed by atoms with Crippen LogP contribution >= 0.6 is 0 Å². The first-order chi connectivity index (χ1) is 11.7. The summed E-state index contributed by atoms with van der Waals surface area (Å²) in [6.45, 7) is 4.56. The minimum atomic E-state index is 0.627. The summed E-state index contributed by atoms with van der Waals surface area (Å²) in [5.41, 5.74) is 3.77. The van der Waals surface area contributed by atoms with Crippen LogP contribution in [0.15, 0.2) is 47.6 Å². The molecule has 5 nitrogen and oxygen atoms in total. The molecule has 2 aromatic rings. The molecule has 0 amide bonds. The SMILES string of the molecule is CCNC(=NCc1ccc(N(C)C)nc1)N1CCc2ccccc21. The molecule has 0 bridgehead atoms. The maximum Gasteiger partial charge on any atom is 0.198 e. The lowest BCUT2D eigenvalue weighted by Crippen LogP contribution is -2.40. The van der Waals surface area contributed by atoms with E-state index < -0.39 is 0 Å². The summed E-state index contributed by atoms with van der Waals surface area (Å²) in [6.07, 6.45) is 2.97. The fourth-order valence-electron chi connectivity index (χ4n) is 2.89. The summed E-state index contributed by atoms with van der Waals surface area (Å²) in [5.74, 6) is 1.90. The molecule has 1 aliphatic heterocycles. The van der Waals surface area contributed by atoms with Crippen molar-refractivity contribution in [2.75, 3.05) is 37.0 Å². The molecule has 5 heteroatoms. The van der Waals surface area contributed by atoms with E-state index in [4.69, 9.17) is 4.99 Å². The van der Waals surface area contributed by atoms with Gasteiger partial charge in [-0.2, -0.15) is 0 Å². The molecule has 126 valence electrons. The second-order valence-corrected chi connectivity index (χ2v) is 6.12. The van der Waals surface area contributed by atoms with Crippen molar-refractivity contribution in [3.63, 3.8) is 0 Å². The number of hydrogen-bond donors (Lipinski definition) is 1. The van der Waals surface area contributed by atoms with E-state index in [2.05, 4.69) is 52.5 Å². The van der Waals surface area contributed by atoms with Crippen molar-refractivity contribution in [3.8, 4) is 0 Å². The topological polar surface area (TPSA) is 43.8 Å². The fraction of sp³-hybridized carbons (Fsp3) is 0.368. The number of nitrogens with one attached hydrogen (secondary N) is 1. The van der Waals surface area contributed by atoms with E-state index in [1.165, 1.54) is 11.3 Å². The van der Waals surface area contributed by atoms with Crippen LogP contribution in [0.3, 0.4) is 0 Å². The Morgan fingerprint density at radius 1 is 1.25 bits per heavy atom. The van der Waals surface area contributed by atoms with Crippen LogP contribution in [0.4, 0.5) is 11.5 Å². The van der Waals surface area contributed by atoms with Crippen LogP contribution in [-0.4, -0.2) is 38.1 Å². The van der Waals surface area contributed by atoms with Crippen molar-refractivity contribution >= 4 is 17.5 Å². The summed E-state index contributed by atoms with van der Waals surface area (Å²) >= 11 is 0. The number of hydrogen-bond acceptors (Lipinski definition) is 3. The van der Waals surface area contributed by atoms with Crippen LogP contribution in [0.1, 0.15) is 18.1 Å². The standard InChI is InChI=1S/C19H25N5/c1-4-20-19(24-12-11-16-7-5-6-8-17(16)24)22-14-15-9-10-18(21-13-15)23(2)3/h5-10,13H,4,11-12,14H2,1-3H3,(H,20,22).